The number of carbonyl (C=O) groups excluding carboxylic acids is 2. The van der Waals surface area contributed by atoms with Crippen molar-refractivity contribution in [2.75, 3.05) is 19.6 Å². The van der Waals surface area contributed by atoms with Crippen LogP contribution < -0.4 is 5.32 Å². The fourth-order valence-electron chi connectivity index (χ4n) is 3.36. The smallest absolute Gasteiger partial charge is 0.264 e. The van der Waals surface area contributed by atoms with Crippen molar-refractivity contribution >= 4 is 23.2 Å². The zero-order chi connectivity index (χ0) is 17.7. The summed E-state index contributed by atoms with van der Waals surface area (Å²) in [6.07, 6.45) is 1.64. The second-order valence-electron chi connectivity index (χ2n) is 6.85. The lowest BCUT2D eigenvalue weighted by Crippen LogP contribution is -2.48. The first-order chi connectivity index (χ1) is 11.4. The van der Waals surface area contributed by atoms with Crippen molar-refractivity contribution in [3.8, 4) is 0 Å². The largest absolute Gasteiger partial charge is 0.353 e. The molecule has 0 aliphatic carbocycles. The predicted molar refractivity (Wildman–Crippen MR) is 98.4 cm³/mol. The Morgan fingerprint density at radius 3 is 2.62 bits per heavy atom. The molecule has 0 spiro atoms. The van der Waals surface area contributed by atoms with Gasteiger partial charge in [-0.15, -0.1) is 11.3 Å². The highest BCUT2D eigenvalue weighted by molar-refractivity contribution is 7.12. The zero-order valence-electron chi connectivity index (χ0n) is 15.1. The molecule has 1 N–H and O–H groups in total. The number of nitrogens with one attached hydrogen (secondary N) is 1. The van der Waals surface area contributed by atoms with Crippen molar-refractivity contribution in [2.45, 2.75) is 58.7 Å². The summed E-state index contributed by atoms with van der Waals surface area (Å²) in [6, 6.07) is 4.26. The normalized spacial score (nSPS) is 18.0. The number of amides is 2. The van der Waals surface area contributed by atoms with Gasteiger partial charge in [0.15, 0.2) is 0 Å². The molecule has 1 saturated heterocycles. The second kappa shape index (κ2) is 8.62. The van der Waals surface area contributed by atoms with Crippen LogP contribution in [0.3, 0.4) is 0 Å². The average molecular weight is 352 g/mol. The number of nitrogens with zero attached hydrogens (tertiary/aromatic N) is 2. The summed E-state index contributed by atoms with van der Waals surface area (Å²) in [5, 5.41) is 4.92. The van der Waals surface area contributed by atoms with Crippen LogP contribution in [-0.4, -0.2) is 59.4 Å². The monoisotopic (exact) mass is 351 g/mol. The van der Waals surface area contributed by atoms with Gasteiger partial charge in [-0.05, 0) is 52.0 Å². The van der Waals surface area contributed by atoms with Gasteiger partial charge in [0.05, 0.1) is 4.88 Å². The molecule has 2 rings (SSSR count). The first kappa shape index (κ1) is 18.9. The molecule has 1 fully saturated rings. The van der Waals surface area contributed by atoms with Crippen LogP contribution in [0.5, 0.6) is 0 Å². The third-order valence-corrected chi connectivity index (χ3v) is 5.40. The van der Waals surface area contributed by atoms with E-state index in [0.717, 1.165) is 19.4 Å². The molecule has 0 aromatic carbocycles. The Balaban J connectivity index is 1.88. The summed E-state index contributed by atoms with van der Waals surface area (Å²) in [4.78, 5) is 29.8. The fraction of sp³-hybridized carbons (Fsp3) is 0.667. The summed E-state index contributed by atoms with van der Waals surface area (Å²) >= 11 is 1.43. The maximum absolute atomic E-state index is 12.5. The Labute approximate surface area is 149 Å². The molecule has 2 amide bonds. The van der Waals surface area contributed by atoms with Crippen molar-refractivity contribution in [1.82, 2.24) is 15.1 Å². The Hall–Kier alpha value is -1.40. The van der Waals surface area contributed by atoms with E-state index in [1.807, 2.05) is 17.5 Å². The Bertz CT molecular complexity index is 534. The van der Waals surface area contributed by atoms with E-state index in [1.165, 1.54) is 11.3 Å². The highest BCUT2D eigenvalue weighted by Gasteiger charge is 2.34. The molecule has 0 unspecified atom stereocenters. The molecule has 24 heavy (non-hydrogen) atoms. The van der Waals surface area contributed by atoms with Crippen LogP contribution in [-0.2, 0) is 4.79 Å². The molecule has 1 aromatic rings. The van der Waals surface area contributed by atoms with Gasteiger partial charge in [-0.3, -0.25) is 14.5 Å². The molecule has 134 valence electrons. The van der Waals surface area contributed by atoms with Gasteiger partial charge in [-0.2, -0.15) is 0 Å². The molecule has 0 bridgehead atoms. The van der Waals surface area contributed by atoms with Gasteiger partial charge in [-0.25, -0.2) is 0 Å². The molecule has 5 nitrogen and oxygen atoms in total. The van der Waals surface area contributed by atoms with Gasteiger partial charge < -0.3 is 10.2 Å². The van der Waals surface area contributed by atoms with E-state index in [1.54, 1.807) is 4.90 Å². The van der Waals surface area contributed by atoms with Crippen LogP contribution >= 0.6 is 11.3 Å². The van der Waals surface area contributed by atoms with Gasteiger partial charge in [0, 0.05) is 31.7 Å². The number of thiophene rings is 1. The van der Waals surface area contributed by atoms with Crippen LogP contribution in [0, 0.1) is 0 Å². The molecule has 0 radical (unpaired) electrons. The molecule has 1 aliphatic heterocycles. The van der Waals surface area contributed by atoms with E-state index in [-0.39, 0.29) is 17.9 Å². The summed E-state index contributed by atoms with van der Waals surface area (Å²) in [7, 11) is 0. The van der Waals surface area contributed by atoms with E-state index in [4.69, 9.17) is 0 Å². The Kier molecular flexibility index (Phi) is 6.80. The number of carbonyl (C=O) groups is 2. The van der Waals surface area contributed by atoms with Crippen molar-refractivity contribution < 1.29 is 9.59 Å². The minimum Gasteiger partial charge on any atom is -0.353 e. The van der Waals surface area contributed by atoms with Crippen molar-refractivity contribution in [3.05, 3.63) is 22.4 Å². The lowest BCUT2D eigenvalue weighted by atomic mass is 10.2. The number of rotatable bonds is 7. The molecule has 1 aromatic heterocycles. The van der Waals surface area contributed by atoms with E-state index >= 15 is 0 Å². The van der Waals surface area contributed by atoms with Gasteiger partial charge in [-0.1, -0.05) is 6.07 Å². The quantitative estimate of drug-likeness (QED) is 0.821. The van der Waals surface area contributed by atoms with Gasteiger partial charge >= 0.3 is 0 Å². The highest BCUT2D eigenvalue weighted by Crippen LogP contribution is 2.22. The van der Waals surface area contributed by atoms with Crippen LogP contribution in [0.15, 0.2) is 17.5 Å². The standard InChI is InChI=1S/C18H29N3O2S/c1-13(2)20(14(3)4)11-9-19-17(22)15-7-5-10-21(15)18(23)16-8-6-12-24-16/h6,8,12-15H,5,7,9-11H2,1-4H3,(H,19,22)/t15-/m0/s1. The lowest BCUT2D eigenvalue weighted by Gasteiger charge is -2.31. The maximum atomic E-state index is 12.5. The predicted octanol–water partition coefficient (Wildman–Crippen LogP) is 2.59. The first-order valence-electron chi connectivity index (χ1n) is 8.79. The van der Waals surface area contributed by atoms with Gasteiger partial charge in [0.1, 0.15) is 6.04 Å². The van der Waals surface area contributed by atoms with E-state index in [0.29, 0.717) is 30.1 Å². The zero-order valence-corrected chi connectivity index (χ0v) is 15.9. The molecule has 1 aliphatic rings. The third kappa shape index (κ3) is 4.57. The van der Waals surface area contributed by atoms with Gasteiger partial charge in [0.2, 0.25) is 5.91 Å². The molecular formula is C18H29N3O2S. The average Bonchev–Trinajstić information content (AvgIpc) is 3.20. The molecule has 6 heteroatoms. The third-order valence-electron chi connectivity index (χ3n) is 4.54. The molecule has 1 atom stereocenters. The summed E-state index contributed by atoms with van der Waals surface area (Å²) in [5.41, 5.74) is 0. The summed E-state index contributed by atoms with van der Waals surface area (Å²) in [5.74, 6) is -0.0431. The summed E-state index contributed by atoms with van der Waals surface area (Å²) in [6.45, 7) is 10.8. The molecule has 2 heterocycles. The maximum Gasteiger partial charge on any atom is 0.264 e. The van der Waals surface area contributed by atoms with Gasteiger partial charge in [0.25, 0.3) is 5.91 Å². The van der Waals surface area contributed by atoms with Crippen LogP contribution in [0.1, 0.15) is 50.2 Å². The number of likely N-dealkylation sites (tertiary alicyclic amines) is 1. The molecular weight excluding hydrogens is 322 g/mol. The minimum atomic E-state index is -0.328. The second-order valence-corrected chi connectivity index (χ2v) is 7.80. The Morgan fingerprint density at radius 1 is 1.33 bits per heavy atom. The number of hydrogen-bond donors (Lipinski definition) is 1. The van der Waals surface area contributed by atoms with Crippen molar-refractivity contribution in [3.63, 3.8) is 0 Å². The SMILES string of the molecule is CC(C)N(CCNC(=O)[C@@H]1CCCN1C(=O)c1cccs1)C(C)C. The van der Waals surface area contributed by atoms with Crippen LogP contribution in [0.4, 0.5) is 0 Å². The number of hydrogen-bond acceptors (Lipinski definition) is 4. The van der Waals surface area contributed by atoms with Crippen molar-refractivity contribution in [1.29, 1.82) is 0 Å². The Morgan fingerprint density at radius 2 is 2.04 bits per heavy atom. The topological polar surface area (TPSA) is 52.7 Å². The van der Waals surface area contributed by atoms with Crippen molar-refractivity contribution in [2.24, 2.45) is 0 Å². The molecule has 0 saturated carbocycles. The van der Waals surface area contributed by atoms with E-state index < -0.39 is 0 Å². The minimum absolute atomic E-state index is 0.0198. The lowest BCUT2D eigenvalue weighted by molar-refractivity contribution is -0.124. The van der Waals surface area contributed by atoms with E-state index in [9.17, 15) is 9.59 Å². The summed E-state index contributed by atoms with van der Waals surface area (Å²) < 4.78 is 0. The highest BCUT2D eigenvalue weighted by atomic mass is 32.1. The fourth-order valence-corrected chi connectivity index (χ4v) is 4.04. The van der Waals surface area contributed by atoms with E-state index in [2.05, 4.69) is 37.9 Å². The first-order valence-corrected chi connectivity index (χ1v) is 9.67. The van der Waals surface area contributed by atoms with Crippen LogP contribution in [0.2, 0.25) is 0 Å². The van der Waals surface area contributed by atoms with Crippen LogP contribution in [0.25, 0.3) is 0 Å².